The Labute approximate surface area is 128 Å². The fourth-order valence-corrected chi connectivity index (χ4v) is 2.17. The standard InChI is InChI=1S/C17H28N2O2/c1-13(2)11-15-5-7-16(8-6-15)14(3)19-17(20)12-18-9-10-21-4/h5-8,13-14,18H,9-12H2,1-4H3,(H,19,20). The highest BCUT2D eigenvalue weighted by Crippen LogP contribution is 2.15. The third kappa shape index (κ3) is 7.25. The van der Waals surface area contributed by atoms with Crippen LogP contribution in [0, 0.1) is 5.92 Å². The molecule has 4 heteroatoms. The highest BCUT2D eigenvalue weighted by atomic mass is 16.5. The highest BCUT2D eigenvalue weighted by Gasteiger charge is 2.09. The van der Waals surface area contributed by atoms with Gasteiger partial charge in [-0.2, -0.15) is 0 Å². The average molecular weight is 292 g/mol. The second-order valence-electron chi connectivity index (χ2n) is 5.80. The Morgan fingerprint density at radius 3 is 2.43 bits per heavy atom. The molecule has 0 aliphatic rings. The second-order valence-corrected chi connectivity index (χ2v) is 5.80. The molecule has 1 rings (SSSR count). The Bertz CT molecular complexity index is 415. The number of nitrogens with one attached hydrogen (secondary N) is 2. The lowest BCUT2D eigenvalue weighted by molar-refractivity contribution is -0.120. The molecule has 1 aromatic carbocycles. The van der Waals surface area contributed by atoms with Crippen LogP contribution in [0.1, 0.15) is 37.9 Å². The molecule has 0 heterocycles. The second kappa shape index (κ2) is 9.53. The normalized spacial score (nSPS) is 12.4. The average Bonchev–Trinajstić information content (AvgIpc) is 2.43. The number of rotatable bonds is 9. The Morgan fingerprint density at radius 1 is 1.19 bits per heavy atom. The highest BCUT2D eigenvalue weighted by molar-refractivity contribution is 5.78. The minimum absolute atomic E-state index is 0.00450. The molecular formula is C17H28N2O2. The topological polar surface area (TPSA) is 50.4 Å². The van der Waals surface area contributed by atoms with E-state index >= 15 is 0 Å². The lowest BCUT2D eigenvalue weighted by Crippen LogP contribution is -2.36. The summed E-state index contributed by atoms with van der Waals surface area (Å²) < 4.78 is 4.92. The maximum atomic E-state index is 11.8. The number of hydrogen-bond acceptors (Lipinski definition) is 3. The van der Waals surface area contributed by atoms with Gasteiger partial charge in [0.05, 0.1) is 19.2 Å². The van der Waals surface area contributed by atoms with Crippen LogP contribution in [0.5, 0.6) is 0 Å². The number of methoxy groups -OCH3 is 1. The summed E-state index contributed by atoms with van der Waals surface area (Å²) in [5.41, 5.74) is 2.47. The van der Waals surface area contributed by atoms with Crippen LogP contribution in [0.25, 0.3) is 0 Å². The smallest absolute Gasteiger partial charge is 0.234 e. The van der Waals surface area contributed by atoms with Gasteiger partial charge in [0.1, 0.15) is 0 Å². The molecule has 0 aliphatic carbocycles. The maximum Gasteiger partial charge on any atom is 0.234 e. The van der Waals surface area contributed by atoms with Crippen LogP contribution in [0.4, 0.5) is 0 Å². The molecule has 0 saturated carbocycles. The Kier molecular flexibility index (Phi) is 8.01. The van der Waals surface area contributed by atoms with Gasteiger partial charge in [-0.25, -0.2) is 0 Å². The van der Waals surface area contributed by atoms with Crippen molar-refractivity contribution in [3.63, 3.8) is 0 Å². The number of carbonyl (C=O) groups is 1. The lowest BCUT2D eigenvalue weighted by Gasteiger charge is -2.15. The third-order valence-corrected chi connectivity index (χ3v) is 3.27. The maximum absolute atomic E-state index is 11.8. The molecule has 1 unspecified atom stereocenters. The zero-order valence-corrected chi connectivity index (χ0v) is 13.6. The molecule has 0 bridgehead atoms. The molecule has 0 saturated heterocycles. The van der Waals surface area contributed by atoms with Gasteiger partial charge in [-0.1, -0.05) is 38.1 Å². The van der Waals surface area contributed by atoms with E-state index in [1.807, 2.05) is 6.92 Å². The molecular weight excluding hydrogens is 264 g/mol. The van der Waals surface area contributed by atoms with Gasteiger partial charge in [0.2, 0.25) is 5.91 Å². The van der Waals surface area contributed by atoms with E-state index in [1.54, 1.807) is 7.11 Å². The van der Waals surface area contributed by atoms with Crippen LogP contribution in [0.3, 0.4) is 0 Å². The zero-order valence-electron chi connectivity index (χ0n) is 13.6. The van der Waals surface area contributed by atoms with Gasteiger partial charge < -0.3 is 15.4 Å². The van der Waals surface area contributed by atoms with Crippen LogP contribution in [0.2, 0.25) is 0 Å². The van der Waals surface area contributed by atoms with Crippen molar-refractivity contribution >= 4 is 5.91 Å². The van der Waals surface area contributed by atoms with E-state index in [-0.39, 0.29) is 11.9 Å². The summed E-state index contributed by atoms with van der Waals surface area (Å²) in [6.07, 6.45) is 1.09. The molecule has 4 nitrogen and oxygen atoms in total. The van der Waals surface area contributed by atoms with Crippen molar-refractivity contribution in [2.75, 3.05) is 26.8 Å². The van der Waals surface area contributed by atoms with Gasteiger partial charge in [-0.05, 0) is 30.4 Å². The first-order valence-corrected chi connectivity index (χ1v) is 7.60. The monoisotopic (exact) mass is 292 g/mol. The van der Waals surface area contributed by atoms with Crippen LogP contribution < -0.4 is 10.6 Å². The van der Waals surface area contributed by atoms with Crippen molar-refractivity contribution in [1.82, 2.24) is 10.6 Å². The Morgan fingerprint density at radius 2 is 1.86 bits per heavy atom. The summed E-state index contributed by atoms with van der Waals surface area (Å²) in [5.74, 6) is 0.663. The molecule has 0 spiro atoms. The van der Waals surface area contributed by atoms with Crippen LogP contribution in [-0.4, -0.2) is 32.7 Å². The third-order valence-electron chi connectivity index (χ3n) is 3.27. The first-order valence-electron chi connectivity index (χ1n) is 7.60. The van der Waals surface area contributed by atoms with Gasteiger partial charge in [0.25, 0.3) is 0 Å². The SMILES string of the molecule is COCCNCC(=O)NC(C)c1ccc(CC(C)C)cc1. The molecule has 21 heavy (non-hydrogen) atoms. The van der Waals surface area contributed by atoms with Gasteiger partial charge in [-0.15, -0.1) is 0 Å². The van der Waals surface area contributed by atoms with Crippen molar-refractivity contribution in [2.24, 2.45) is 5.92 Å². The lowest BCUT2D eigenvalue weighted by atomic mass is 10.00. The summed E-state index contributed by atoms with van der Waals surface area (Å²) in [7, 11) is 1.65. The Hall–Kier alpha value is -1.39. The molecule has 0 fully saturated rings. The molecule has 1 amide bonds. The van der Waals surface area contributed by atoms with Crippen molar-refractivity contribution < 1.29 is 9.53 Å². The summed E-state index contributed by atoms with van der Waals surface area (Å²) in [5, 5.41) is 6.03. The van der Waals surface area contributed by atoms with Gasteiger partial charge in [0, 0.05) is 13.7 Å². The first-order chi connectivity index (χ1) is 10.0. The summed E-state index contributed by atoms with van der Waals surface area (Å²) in [6, 6.07) is 8.51. The summed E-state index contributed by atoms with van der Waals surface area (Å²) in [6.45, 7) is 8.05. The van der Waals surface area contributed by atoms with E-state index in [0.29, 0.717) is 25.6 Å². The van der Waals surface area contributed by atoms with Crippen molar-refractivity contribution in [3.05, 3.63) is 35.4 Å². The number of carbonyl (C=O) groups excluding carboxylic acids is 1. The molecule has 2 N–H and O–H groups in total. The van der Waals surface area contributed by atoms with E-state index < -0.39 is 0 Å². The zero-order chi connectivity index (χ0) is 15.7. The molecule has 0 aliphatic heterocycles. The van der Waals surface area contributed by atoms with Crippen molar-refractivity contribution in [1.29, 1.82) is 0 Å². The fraction of sp³-hybridized carbons (Fsp3) is 0.588. The first kappa shape index (κ1) is 17.7. The molecule has 1 atom stereocenters. The number of amides is 1. The molecule has 0 aromatic heterocycles. The minimum Gasteiger partial charge on any atom is -0.383 e. The van der Waals surface area contributed by atoms with E-state index in [4.69, 9.17) is 4.74 Å². The van der Waals surface area contributed by atoms with Gasteiger partial charge >= 0.3 is 0 Å². The molecule has 1 aromatic rings. The summed E-state index contributed by atoms with van der Waals surface area (Å²) in [4.78, 5) is 11.8. The molecule has 0 radical (unpaired) electrons. The number of hydrogen-bond donors (Lipinski definition) is 2. The van der Waals surface area contributed by atoms with Gasteiger partial charge in [0.15, 0.2) is 0 Å². The van der Waals surface area contributed by atoms with Crippen LogP contribution >= 0.6 is 0 Å². The van der Waals surface area contributed by atoms with Crippen molar-refractivity contribution in [3.8, 4) is 0 Å². The van der Waals surface area contributed by atoms with E-state index in [9.17, 15) is 4.79 Å². The summed E-state index contributed by atoms with van der Waals surface area (Å²) >= 11 is 0. The quantitative estimate of drug-likeness (QED) is 0.687. The van der Waals surface area contributed by atoms with E-state index in [2.05, 4.69) is 48.7 Å². The molecule has 118 valence electrons. The van der Waals surface area contributed by atoms with E-state index in [1.165, 1.54) is 5.56 Å². The largest absolute Gasteiger partial charge is 0.383 e. The van der Waals surface area contributed by atoms with Gasteiger partial charge in [-0.3, -0.25) is 4.79 Å². The predicted octanol–water partition coefficient (Wildman–Crippen LogP) is 2.30. The Balaban J connectivity index is 2.40. The van der Waals surface area contributed by atoms with E-state index in [0.717, 1.165) is 12.0 Å². The van der Waals surface area contributed by atoms with Crippen molar-refractivity contribution in [2.45, 2.75) is 33.2 Å². The minimum atomic E-state index is 0.00450. The number of ether oxygens (including phenoxy) is 1. The number of benzene rings is 1. The predicted molar refractivity (Wildman–Crippen MR) is 86.3 cm³/mol. The van der Waals surface area contributed by atoms with Crippen LogP contribution in [-0.2, 0) is 16.0 Å². The van der Waals surface area contributed by atoms with Crippen LogP contribution in [0.15, 0.2) is 24.3 Å². The fourth-order valence-electron chi connectivity index (χ4n) is 2.17.